The van der Waals surface area contributed by atoms with Gasteiger partial charge in [0.05, 0.1) is 10.6 Å². The summed E-state index contributed by atoms with van der Waals surface area (Å²) in [5.41, 5.74) is 0.625. The Kier molecular flexibility index (Phi) is 4.01. The molecule has 1 amide bonds. The number of hydrogen-bond donors (Lipinski definition) is 1. The van der Waals surface area contributed by atoms with E-state index in [1.54, 1.807) is 0 Å². The van der Waals surface area contributed by atoms with Crippen molar-refractivity contribution in [1.82, 2.24) is 10.2 Å². The lowest BCUT2D eigenvalue weighted by Crippen LogP contribution is -2.39. The number of fused-ring (bicyclic) bond motifs is 2. The third-order valence-electron chi connectivity index (χ3n) is 3.97. The predicted octanol–water partition coefficient (Wildman–Crippen LogP) is 2.91. The molecular weight excluding hydrogens is 375 g/mol. The van der Waals surface area contributed by atoms with Crippen molar-refractivity contribution in [3.05, 3.63) is 32.4 Å². The monoisotopic (exact) mass is 390 g/mol. The molecule has 2 saturated heterocycles. The summed E-state index contributed by atoms with van der Waals surface area (Å²) >= 11 is 8.40. The highest BCUT2D eigenvalue weighted by Gasteiger charge is 2.31. The van der Waals surface area contributed by atoms with Crippen molar-refractivity contribution in [3.63, 3.8) is 0 Å². The molecule has 2 atom stereocenters. The van der Waals surface area contributed by atoms with Crippen LogP contribution in [0.1, 0.15) is 29.6 Å². The number of benzene rings is 1. The molecule has 2 unspecified atom stereocenters. The smallest absolute Gasteiger partial charge is 0.255 e. The van der Waals surface area contributed by atoms with E-state index in [1.807, 2.05) is 23.1 Å². The predicted molar refractivity (Wildman–Crippen MR) is 84.6 cm³/mol. The molecular formula is C14H16ClIN2O. The van der Waals surface area contributed by atoms with Gasteiger partial charge < -0.3 is 10.2 Å². The Morgan fingerprint density at radius 3 is 2.89 bits per heavy atom. The van der Waals surface area contributed by atoms with E-state index in [0.717, 1.165) is 23.1 Å². The number of halogens is 2. The van der Waals surface area contributed by atoms with Crippen molar-refractivity contribution in [2.45, 2.75) is 31.3 Å². The van der Waals surface area contributed by atoms with Crippen LogP contribution in [0, 0.1) is 3.57 Å². The summed E-state index contributed by atoms with van der Waals surface area (Å²) in [6.07, 6.45) is 3.47. The summed E-state index contributed by atoms with van der Waals surface area (Å²) in [6.45, 7) is 1.63. The first-order valence-corrected chi connectivity index (χ1v) is 8.09. The molecule has 2 fully saturated rings. The normalized spacial score (nSPS) is 26.3. The molecule has 2 aliphatic rings. The number of likely N-dealkylation sites (tertiary alicyclic amines) is 1. The van der Waals surface area contributed by atoms with Gasteiger partial charge in [0.25, 0.3) is 5.91 Å². The molecule has 3 nitrogen and oxygen atoms in total. The Hall–Kier alpha value is -0.330. The number of amides is 1. The summed E-state index contributed by atoms with van der Waals surface area (Å²) in [5, 5.41) is 4.14. The lowest BCUT2D eigenvalue weighted by Gasteiger charge is -2.24. The van der Waals surface area contributed by atoms with Crippen molar-refractivity contribution in [3.8, 4) is 0 Å². The quantitative estimate of drug-likeness (QED) is 0.748. The van der Waals surface area contributed by atoms with Crippen LogP contribution < -0.4 is 5.32 Å². The molecule has 1 N–H and O–H groups in total. The summed E-state index contributed by atoms with van der Waals surface area (Å²) in [6, 6.07) is 6.66. The lowest BCUT2D eigenvalue weighted by atomic mass is 10.1. The largest absolute Gasteiger partial charge is 0.337 e. The van der Waals surface area contributed by atoms with E-state index < -0.39 is 0 Å². The molecule has 1 aromatic rings. The molecule has 0 radical (unpaired) electrons. The molecule has 102 valence electrons. The molecule has 1 aromatic carbocycles. The summed E-state index contributed by atoms with van der Waals surface area (Å²) < 4.78 is 1.05. The fourth-order valence-corrected chi connectivity index (χ4v) is 3.90. The van der Waals surface area contributed by atoms with Crippen LogP contribution in [0.2, 0.25) is 5.02 Å². The molecule has 3 rings (SSSR count). The van der Waals surface area contributed by atoms with Crippen molar-refractivity contribution >= 4 is 40.1 Å². The van der Waals surface area contributed by atoms with Crippen LogP contribution in [0.15, 0.2) is 18.2 Å². The van der Waals surface area contributed by atoms with E-state index in [4.69, 9.17) is 11.6 Å². The number of hydrogen-bond acceptors (Lipinski definition) is 2. The Labute approximate surface area is 131 Å². The van der Waals surface area contributed by atoms with Gasteiger partial charge in [-0.05, 0) is 60.1 Å². The Morgan fingerprint density at radius 1 is 1.32 bits per heavy atom. The molecule has 0 aliphatic carbocycles. The third kappa shape index (κ3) is 2.90. The molecule has 0 aromatic heterocycles. The Balaban J connectivity index is 1.79. The third-order valence-corrected chi connectivity index (χ3v) is 4.96. The van der Waals surface area contributed by atoms with Crippen LogP contribution >= 0.6 is 34.2 Å². The minimum Gasteiger partial charge on any atom is -0.337 e. The van der Waals surface area contributed by atoms with Gasteiger partial charge in [-0.15, -0.1) is 0 Å². The van der Waals surface area contributed by atoms with Gasteiger partial charge in [0.2, 0.25) is 0 Å². The van der Waals surface area contributed by atoms with E-state index in [0.29, 0.717) is 22.7 Å². The molecule has 2 bridgehead atoms. The SMILES string of the molecule is O=C(c1ccc(I)cc1Cl)N1CCC2CCC(C1)N2. The molecule has 0 saturated carbocycles. The minimum atomic E-state index is 0.0655. The second kappa shape index (κ2) is 5.58. The van der Waals surface area contributed by atoms with E-state index in [1.165, 1.54) is 12.8 Å². The average Bonchev–Trinajstić information content (AvgIpc) is 2.68. The number of nitrogens with one attached hydrogen (secondary N) is 1. The van der Waals surface area contributed by atoms with Gasteiger partial charge in [-0.2, -0.15) is 0 Å². The zero-order valence-corrected chi connectivity index (χ0v) is 13.4. The van der Waals surface area contributed by atoms with Crippen molar-refractivity contribution in [1.29, 1.82) is 0 Å². The molecule has 2 aliphatic heterocycles. The van der Waals surface area contributed by atoms with Crippen molar-refractivity contribution in [2.75, 3.05) is 13.1 Å². The second-order valence-corrected chi connectivity index (χ2v) is 6.95. The van der Waals surface area contributed by atoms with Gasteiger partial charge in [0.1, 0.15) is 0 Å². The lowest BCUT2D eigenvalue weighted by molar-refractivity contribution is 0.0748. The van der Waals surface area contributed by atoms with Crippen LogP contribution in [0.3, 0.4) is 0 Å². The van der Waals surface area contributed by atoms with Gasteiger partial charge in [0.15, 0.2) is 0 Å². The Morgan fingerprint density at radius 2 is 2.11 bits per heavy atom. The van der Waals surface area contributed by atoms with Gasteiger partial charge in [-0.3, -0.25) is 4.79 Å². The van der Waals surface area contributed by atoms with E-state index >= 15 is 0 Å². The van der Waals surface area contributed by atoms with Gasteiger partial charge >= 0.3 is 0 Å². The van der Waals surface area contributed by atoms with E-state index in [9.17, 15) is 4.79 Å². The Bertz CT molecular complexity index is 508. The first kappa shape index (κ1) is 13.6. The zero-order chi connectivity index (χ0) is 13.4. The highest BCUT2D eigenvalue weighted by atomic mass is 127. The number of nitrogens with zero attached hydrogens (tertiary/aromatic N) is 1. The first-order valence-electron chi connectivity index (χ1n) is 6.64. The maximum absolute atomic E-state index is 12.6. The van der Waals surface area contributed by atoms with Gasteiger partial charge in [-0.25, -0.2) is 0 Å². The molecule has 5 heteroatoms. The van der Waals surface area contributed by atoms with Crippen LogP contribution in [0.4, 0.5) is 0 Å². The topological polar surface area (TPSA) is 32.3 Å². The van der Waals surface area contributed by atoms with Crippen LogP contribution in [-0.2, 0) is 0 Å². The maximum atomic E-state index is 12.6. The molecule has 19 heavy (non-hydrogen) atoms. The fourth-order valence-electron chi connectivity index (χ4n) is 2.96. The number of rotatable bonds is 1. The zero-order valence-electron chi connectivity index (χ0n) is 10.5. The highest BCUT2D eigenvalue weighted by molar-refractivity contribution is 14.1. The minimum absolute atomic E-state index is 0.0655. The van der Waals surface area contributed by atoms with Crippen molar-refractivity contribution in [2.24, 2.45) is 0 Å². The maximum Gasteiger partial charge on any atom is 0.255 e. The van der Waals surface area contributed by atoms with Crippen molar-refractivity contribution < 1.29 is 4.79 Å². The fraction of sp³-hybridized carbons (Fsp3) is 0.500. The molecule has 2 heterocycles. The molecule has 0 spiro atoms. The number of carbonyl (C=O) groups is 1. The van der Waals surface area contributed by atoms with E-state index in [-0.39, 0.29) is 5.91 Å². The van der Waals surface area contributed by atoms with Crippen LogP contribution in [-0.4, -0.2) is 36.0 Å². The first-order chi connectivity index (χ1) is 9.13. The van der Waals surface area contributed by atoms with Crippen LogP contribution in [0.25, 0.3) is 0 Å². The van der Waals surface area contributed by atoms with Crippen LogP contribution in [0.5, 0.6) is 0 Å². The standard InChI is InChI=1S/C14H16ClIN2O/c15-13-7-9(16)1-4-12(13)14(19)18-6-5-10-2-3-11(8-18)17-10/h1,4,7,10-11,17H,2-3,5-6,8H2. The summed E-state index contributed by atoms with van der Waals surface area (Å²) in [4.78, 5) is 14.5. The number of carbonyl (C=O) groups excluding carboxylic acids is 1. The van der Waals surface area contributed by atoms with Gasteiger partial charge in [-0.1, -0.05) is 11.6 Å². The second-order valence-electron chi connectivity index (χ2n) is 5.30. The average molecular weight is 391 g/mol. The highest BCUT2D eigenvalue weighted by Crippen LogP contribution is 2.24. The van der Waals surface area contributed by atoms with Gasteiger partial charge in [0, 0.05) is 28.7 Å². The summed E-state index contributed by atoms with van der Waals surface area (Å²) in [5.74, 6) is 0.0655. The summed E-state index contributed by atoms with van der Waals surface area (Å²) in [7, 11) is 0. The van der Waals surface area contributed by atoms with E-state index in [2.05, 4.69) is 27.9 Å².